The van der Waals surface area contributed by atoms with Gasteiger partial charge in [-0.2, -0.15) is 0 Å². The van der Waals surface area contributed by atoms with E-state index in [1.54, 1.807) is 12.1 Å². The minimum atomic E-state index is -0.767. The van der Waals surface area contributed by atoms with Gasteiger partial charge < -0.3 is 10.8 Å². The smallest absolute Gasteiger partial charge is 0.0982 e. The molecular weight excluding hydrogens is 318 g/mol. The number of nitrogens with two attached hydrogens (primary N) is 1. The Morgan fingerprint density at radius 1 is 0.833 bits per heavy atom. The van der Waals surface area contributed by atoms with Crippen molar-refractivity contribution in [1.29, 1.82) is 0 Å². The molecular formula is C21H20ClNO. The first-order valence-corrected chi connectivity index (χ1v) is 8.29. The SMILES string of the molecule is Cc1ccccc1-c1ccc(C(O)C(N)c2ccc(Cl)cc2)cc1. The van der Waals surface area contributed by atoms with E-state index >= 15 is 0 Å². The van der Waals surface area contributed by atoms with Gasteiger partial charge >= 0.3 is 0 Å². The number of rotatable bonds is 4. The highest BCUT2D eigenvalue weighted by molar-refractivity contribution is 6.30. The summed E-state index contributed by atoms with van der Waals surface area (Å²) in [6, 6.07) is 22.9. The standard InChI is InChI=1S/C21H20ClNO/c1-14-4-2-3-5-19(14)15-6-8-17(9-7-15)21(24)20(23)16-10-12-18(22)13-11-16/h2-13,20-21,24H,23H2,1H3. The summed E-state index contributed by atoms with van der Waals surface area (Å²) in [5, 5.41) is 11.2. The molecule has 3 aromatic rings. The topological polar surface area (TPSA) is 46.2 Å². The van der Waals surface area contributed by atoms with E-state index in [0.29, 0.717) is 5.02 Å². The summed E-state index contributed by atoms with van der Waals surface area (Å²) in [5.74, 6) is 0. The third-order valence-corrected chi connectivity index (χ3v) is 4.56. The highest BCUT2D eigenvalue weighted by Gasteiger charge is 2.18. The third-order valence-electron chi connectivity index (χ3n) is 4.30. The fourth-order valence-corrected chi connectivity index (χ4v) is 2.96. The van der Waals surface area contributed by atoms with Crippen molar-refractivity contribution in [3.8, 4) is 11.1 Å². The van der Waals surface area contributed by atoms with Crippen LogP contribution in [0, 0.1) is 6.92 Å². The van der Waals surface area contributed by atoms with Crippen molar-refractivity contribution in [1.82, 2.24) is 0 Å². The van der Waals surface area contributed by atoms with Crippen LogP contribution in [0.3, 0.4) is 0 Å². The van der Waals surface area contributed by atoms with Crippen molar-refractivity contribution in [2.24, 2.45) is 5.73 Å². The van der Waals surface area contributed by atoms with Crippen molar-refractivity contribution >= 4 is 11.6 Å². The summed E-state index contributed by atoms with van der Waals surface area (Å²) in [4.78, 5) is 0. The van der Waals surface area contributed by atoms with E-state index < -0.39 is 12.1 Å². The van der Waals surface area contributed by atoms with Crippen LogP contribution in [0.5, 0.6) is 0 Å². The molecule has 122 valence electrons. The number of halogens is 1. The molecule has 0 amide bonds. The molecule has 0 saturated carbocycles. The van der Waals surface area contributed by atoms with Crippen LogP contribution in [0.4, 0.5) is 0 Å². The molecule has 3 aromatic carbocycles. The van der Waals surface area contributed by atoms with Crippen molar-refractivity contribution < 1.29 is 5.11 Å². The molecule has 0 aliphatic heterocycles. The summed E-state index contributed by atoms with van der Waals surface area (Å²) < 4.78 is 0. The Bertz CT molecular complexity index is 812. The molecule has 3 heteroatoms. The van der Waals surface area contributed by atoms with Gasteiger partial charge in [0, 0.05) is 5.02 Å². The van der Waals surface area contributed by atoms with Crippen LogP contribution in [-0.2, 0) is 0 Å². The van der Waals surface area contributed by atoms with Crippen LogP contribution in [0.25, 0.3) is 11.1 Å². The Balaban J connectivity index is 1.82. The molecule has 24 heavy (non-hydrogen) atoms. The first-order valence-electron chi connectivity index (χ1n) is 7.91. The maximum atomic E-state index is 10.6. The molecule has 3 N–H and O–H groups in total. The summed E-state index contributed by atoms with van der Waals surface area (Å²) in [5.41, 5.74) is 11.4. The van der Waals surface area contributed by atoms with Gasteiger partial charge in [-0.3, -0.25) is 0 Å². The second kappa shape index (κ2) is 7.18. The zero-order chi connectivity index (χ0) is 17.1. The molecule has 0 bridgehead atoms. The lowest BCUT2D eigenvalue weighted by molar-refractivity contribution is 0.147. The Kier molecular flexibility index (Phi) is 5.00. The highest BCUT2D eigenvalue weighted by Crippen LogP contribution is 2.30. The summed E-state index contributed by atoms with van der Waals surface area (Å²) >= 11 is 5.90. The van der Waals surface area contributed by atoms with Gasteiger partial charge in [-0.1, -0.05) is 72.3 Å². The second-order valence-electron chi connectivity index (χ2n) is 5.96. The number of hydrogen-bond donors (Lipinski definition) is 2. The minimum Gasteiger partial charge on any atom is -0.386 e. The lowest BCUT2D eigenvalue weighted by Gasteiger charge is -2.20. The quantitative estimate of drug-likeness (QED) is 0.699. The van der Waals surface area contributed by atoms with E-state index in [-0.39, 0.29) is 0 Å². The van der Waals surface area contributed by atoms with E-state index in [1.165, 1.54) is 11.1 Å². The van der Waals surface area contributed by atoms with E-state index in [9.17, 15) is 5.11 Å². The molecule has 0 aliphatic carbocycles. The third kappa shape index (κ3) is 3.51. The van der Waals surface area contributed by atoms with Crippen LogP contribution in [0.2, 0.25) is 5.02 Å². The highest BCUT2D eigenvalue weighted by atomic mass is 35.5. The summed E-state index contributed by atoms with van der Waals surface area (Å²) in [6.45, 7) is 2.09. The molecule has 2 atom stereocenters. The van der Waals surface area contributed by atoms with Crippen molar-refractivity contribution in [3.63, 3.8) is 0 Å². The lowest BCUT2D eigenvalue weighted by atomic mass is 9.94. The van der Waals surface area contributed by atoms with Crippen molar-refractivity contribution in [2.45, 2.75) is 19.1 Å². The van der Waals surface area contributed by atoms with E-state index in [0.717, 1.165) is 16.7 Å². The van der Waals surface area contributed by atoms with Crippen LogP contribution >= 0.6 is 11.6 Å². The van der Waals surface area contributed by atoms with Gasteiger partial charge in [0.15, 0.2) is 0 Å². The fourth-order valence-electron chi connectivity index (χ4n) is 2.83. The number of aryl methyl sites for hydroxylation is 1. The molecule has 0 aliphatic rings. The van der Waals surface area contributed by atoms with Gasteiger partial charge in [-0.15, -0.1) is 0 Å². The maximum absolute atomic E-state index is 10.6. The lowest BCUT2D eigenvalue weighted by Crippen LogP contribution is -2.19. The predicted octanol–water partition coefficient (Wildman–Crippen LogP) is 5.05. The first-order chi connectivity index (χ1) is 11.6. The summed E-state index contributed by atoms with van der Waals surface area (Å²) in [6.07, 6.45) is -0.767. The summed E-state index contributed by atoms with van der Waals surface area (Å²) in [7, 11) is 0. The zero-order valence-corrected chi connectivity index (χ0v) is 14.2. The number of aliphatic hydroxyl groups is 1. The molecule has 0 aromatic heterocycles. The van der Waals surface area contributed by atoms with Crippen LogP contribution < -0.4 is 5.73 Å². The van der Waals surface area contributed by atoms with E-state index in [4.69, 9.17) is 17.3 Å². The number of benzene rings is 3. The molecule has 0 saturated heterocycles. The predicted molar refractivity (Wildman–Crippen MR) is 100.0 cm³/mol. The average molecular weight is 338 g/mol. The fraction of sp³-hybridized carbons (Fsp3) is 0.143. The molecule has 0 radical (unpaired) electrons. The monoisotopic (exact) mass is 337 g/mol. The number of hydrogen-bond acceptors (Lipinski definition) is 2. The normalized spacial score (nSPS) is 13.5. The van der Waals surface area contributed by atoms with Crippen molar-refractivity contribution in [3.05, 3.63) is 94.5 Å². The average Bonchev–Trinajstić information content (AvgIpc) is 2.62. The van der Waals surface area contributed by atoms with E-state index in [1.807, 2.05) is 48.5 Å². The van der Waals surface area contributed by atoms with Crippen molar-refractivity contribution in [2.75, 3.05) is 0 Å². The van der Waals surface area contributed by atoms with Crippen LogP contribution in [0.15, 0.2) is 72.8 Å². The van der Waals surface area contributed by atoms with Gasteiger partial charge in [-0.05, 0) is 46.9 Å². The van der Waals surface area contributed by atoms with Crippen LogP contribution in [-0.4, -0.2) is 5.11 Å². The molecule has 0 fully saturated rings. The second-order valence-corrected chi connectivity index (χ2v) is 6.40. The van der Waals surface area contributed by atoms with Gasteiger partial charge in [0.05, 0.1) is 12.1 Å². The van der Waals surface area contributed by atoms with Gasteiger partial charge in [0.1, 0.15) is 0 Å². The molecule has 0 spiro atoms. The molecule has 2 unspecified atom stereocenters. The largest absolute Gasteiger partial charge is 0.386 e. The Morgan fingerprint density at radius 3 is 2.04 bits per heavy atom. The first kappa shape index (κ1) is 16.7. The van der Waals surface area contributed by atoms with E-state index in [2.05, 4.69) is 19.1 Å². The molecule has 2 nitrogen and oxygen atoms in total. The Hall–Kier alpha value is -2.13. The van der Waals surface area contributed by atoms with Gasteiger partial charge in [-0.25, -0.2) is 0 Å². The van der Waals surface area contributed by atoms with Crippen LogP contribution in [0.1, 0.15) is 28.8 Å². The van der Waals surface area contributed by atoms with Gasteiger partial charge in [0.2, 0.25) is 0 Å². The number of aliphatic hydroxyl groups excluding tert-OH is 1. The Morgan fingerprint density at radius 2 is 1.42 bits per heavy atom. The minimum absolute atomic E-state index is 0.494. The maximum Gasteiger partial charge on any atom is 0.0982 e. The molecule has 0 heterocycles. The molecule has 3 rings (SSSR count). The van der Waals surface area contributed by atoms with Gasteiger partial charge in [0.25, 0.3) is 0 Å². The Labute approximate surface area is 147 Å². The zero-order valence-electron chi connectivity index (χ0n) is 13.5.